The average Bonchev–Trinajstić information content (AvgIpc) is 2.94. The van der Waals surface area contributed by atoms with Crippen LogP contribution in [-0.4, -0.2) is 41.5 Å². The van der Waals surface area contributed by atoms with Gasteiger partial charge in [0, 0.05) is 0 Å². The zero-order valence-electron chi connectivity index (χ0n) is 10.8. The Labute approximate surface area is 111 Å². The number of nitrogens with zero attached hydrogens (tertiary/aromatic N) is 1. The van der Waals surface area contributed by atoms with Crippen LogP contribution in [-0.2, 0) is 20.9 Å². The molecule has 5 nitrogen and oxygen atoms in total. The van der Waals surface area contributed by atoms with Gasteiger partial charge in [-0.3, -0.25) is 9.63 Å². The third-order valence-corrected chi connectivity index (χ3v) is 3.89. The molecule has 0 aromatic heterocycles. The minimum Gasteiger partial charge on any atom is -0.464 e. The van der Waals surface area contributed by atoms with Crippen LogP contribution in [0.2, 0.25) is 0 Å². The van der Waals surface area contributed by atoms with E-state index in [4.69, 9.17) is 9.57 Å². The van der Waals surface area contributed by atoms with Crippen LogP contribution in [0.5, 0.6) is 0 Å². The van der Waals surface area contributed by atoms with Gasteiger partial charge >= 0.3 is 5.97 Å². The van der Waals surface area contributed by atoms with Crippen molar-refractivity contribution in [2.24, 2.45) is 5.92 Å². The fraction of sp³-hybridized carbons (Fsp3) is 0.500. The third-order valence-electron chi connectivity index (χ3n) is 3.89. The summed E-state index contributed by atoms with van der Waals surface area (Å²) in [6, 6.07) is 7.59. The quantitative estimate of drug-likeness (QED) is 0.811. The van der Waals surface area contributed by atoms with Crippen molar-refractivity contribution in [3.8, 4) is 0 Å². The molecule has 2 aliphatic heterocycles. The van der Waals surface area contributed by atoms with Gasteiger partial charge in [0.25, 0.3) is 0 Å². The smallest absolute Gasteiger partial charge is 0.326 e. The summed E-state index contributed by atoms with van der Waals surface area (Å²) < 4.78 is 5.08. The van der Waals surface area contributed by atoms with Gasteiger partial charge in [-0.05, 0) is 18.1 Å². The van der Waals surface area contributed by atoms with Gasteiger partial charge < -0.3 is 9.84 Å². The van der Waals surface area contributed by atoms with E-state index >= 15 is 0 Å². The zero-order chi connectivity index (χ0) is 13.4. The first-order valence-electron chi connectivity index (χ1n) is 6.46. The van der Waals surface area contributed by atoms with Gasteiger partial charge in [-0.2, -0.15) is 5.06 Å². The molecule has 1 aromatic carbocycles. The Morgan fingerprint density at radius 1 is 1.42 bits per heavy atom. The second kappa shape index (κ2) is 4.92. The van der Waals surface area contributed by atoms with Crippen LogP contribution in [0.15, 0.2) is 24.3 Å². The van der Waals surface area contributed by atoms with Crippen LogP contribution in [0.3, 0.4) is 0 Å². The fourth-order valence-electron chi connectivity index (χ4n) is 2.75. The molecule has 3 atom stereocenters. The number of aryl methyl sites for hydroxylation is 1. The molecule has 0 radical (unpaired) electrons. The van der Waals surface area contributed by atoms with Gasteiger partial charge in [0.2, 0.25) is 0 Å². The van der Waals surface area contributed by atoms with E-state index in [0.29, 0.717) is 13.2 Å². The maximum absolute atomic E-state index is 11.8. The van der Waals surface area contributed by atoms with Crippen molar-refractivity contribution in [1.29, 1.82) is 0 Å². The molecule has 0 aliphatic carbocycles. The number of carbonyl (C=O) groups is 1. The van der Waals surface area contributed by atoms with Crippen LogP contribution in [0.4, 0.5) is 0 Å². The van der Waals surface area contributed by atoms with Crippen molar-refractivity contribution in [3.63, 3.8) is 0 Å². The first-order chi connectivity index (χ1) is 9.20. The van der Waals surface area contributed by atoms with Crippen LogP contribution < -0.4 is 0 Å². The van der Waals surface area contributed by atoms with Crippen molar-refractivity contribution >= 4 is 5.97 Å². The number of carbonyl (C=O) groups excluding carboxylic acids is 1. The minimum atomic E-state index is -0.392. The number of aliphatic hydroxyl groups excluding tert-OH is 1. The van der Waals surface area contributed by atoms with Crippen LogP contribution in [0.1, 0.15) is 11.1 Å². The van der Waals surface area contributed by atoms with Crippen molar-refractivity contribution in [2.75, 3.05) is 13.2 Å². The monoisotopic (exact) mass is 263 g/mol. The molecule has 1 aromatic rings. The second-order valence-corrected chi connectivity index (χ2v) is 5.07. The molecular formula is C14H17NO4. The molecule has 0 saturated carbocycles. The van der Waals surface area contributed by atoms with E-state index in [1.807, 2.05) is 31.2 Å². The normalized spacial score (nSPS) is 30.4. The van der Waals surface area contributed by atoms with Gasteiger partial charge in [0.05, 0.1) is 25.7 Å². The van der Waals surface area contributed by atoms with E-state index in [0.717, 1.165) is 11.1 Å². The van der Waals surface area contributed by atoms with Crippen LogP contribution >= 0.6 is 0 Å². The number of hydrogen-bond donors (Lipinski definition) is 1. The van der Waals surface area contributed by atoms with E-state index in [-0.39, 0.29) is 24.6 Å². The third kappa shape index (κ3) is 2.14. The standard InChI is InChI=1S/C14H17NO4/c1-9-4-2-3-5-10(9)6-15-13-11(8-18-14(13)17)12(7-16)19-15/h2-5,11-13,16H,6-8H2,1H3/t11-,12?,13+/m1/s1. The van der Waals surface area contributed by atoms with Gasteiger partial charge in [0.1, 0.15) is 12.1 Å². The molecule has 5 heteroatoms. The molecule has 2 aliphatic rings. The molecule has 0 spiro atoms. The van der Waals surface area contributed by atoms with Crippen molar-refractivity contribution in [1.82, 2.24) is 5.06 Å². The summed E-state index contributed by atoms with van der Waals surface area (Å²) in [5.74, 6) is -0.323. The lowest BCUT2D eigenvalue weighted by atomic mass is 9.98. The first-order valence-corrected chi connectivity index (χ1v) is 6.46. The molecule has 1 unspecified atom stereocenters. The molecule has 2 fully saturated rings. The molecule has 0 bridgehead atoms. The lowest BCUT2D eigenvalue weighted by molar-refractivity contribution is -0.193. The Bertz CT molecular complexity index is 490. The van der Waals surface area contributed by atoms with Crippen molar-refractivity contribution in [2.45, 2.75) is 25.6 Å². The number of cyclic esters (lactones) is 1. The highest BCUT2D eigenvalue weighted by Gasteiger charge is 2.52. The predicted octanol–water partition coefficient (Wildman–Crippen LogP) is 0.645. The summed E-state index contributed by atoms with van der Waals surface area (Å²) >= 11 is 0. The number of hydroxylamine groups is 2. The molecule has 2 saturated heterocycles. The Morgan fingerprint density at radius 3 is 2.95 bits per heavy atom. The van der Waals surface area contributed by atoms with E-state index in [1.54, 1.807) is 5.06 Å². The molecule has 2 heterocycles. The highest BCUT2D eigenvalue weighted by atomic mass is 16.7. The highest BCUT2D eigenvalue weighted by Crippen LogP contribution is 2.34. The van der Waals surface area contributed by atoms with E-state index in [1.165, 1.54) is 0 Å². The highest BCUT2D eigenvalue weighted by molar-refractivity contribution is 5.78. The summed E-state index contributed by atoms with van der Waals surface area (Å²) in [6.07, 6.45) is -0.347. The number of hydrogen-bond acceptors (Lipinski definition) is 5. The summed E-state index contributed by atoms with van der Waals surface area (Å²) in [6.45, 7) is 2.79. The average molecular weight is 263 g/mol. The van der Waals surface area contributed by atoms with Gasteiger partial charge in [-0.25, -0.2) is 0 Å². The summed E-state index contributed by atoms with van der Waals surface area (Å²) in [5.41, 5.74) is 2.26. The Balaban J connectivity index is 1.81. The molecule has 3 rings (SSSR count). The van der Waals surface area contributed by atoms with Gasteiger partial charge in [-0.15, -0.1) is 0 Å². The van der Waals surface area contributed by atoms with Crippen LogP contribution in [0.25, 0.3) is 0 Å². The van der Waals surface area contributed by atoms with Gasteiger partial charge in [-0.1, -0.05) is 24.3 Å². The van der Waals surface area contributed by atoms with Crippen LogP contribution in [0, 0.1) is 12.8 Å². The van der Waals surface area contributed by atoms with Crippen molar-refractivity contribution < 1.29 is 19.5 Å². The number of rotatable bonds is 3. The maximum atomic E-state index is 11.8. The topological polar surface area (TPSA) is 59.0 Å². The van der Waals surface area contributed by atoms with Gasteiger partial charge in [0.15, 0.2) is 0 Å². The largest absolute Gasteiger partial charge is 0.464 e. The Morgan fingerprint density at radius 2 is 2.21 bits per heavy atom. The van der Waals surface area contributed by atoms with Crippen molar-refractivity contribution in [3.05, 3.63) is 35.4 Å². The molecule has 102 valence electrons. The lowest BCUT2D eigenvalue weighted by Gasteiger charge is -2.20. The summed E-state index contributed by atoms with van der Waals surface area (Å²) in [5, 5.41) is 11.0. The predicted molar refractivity (Wildman–Crippen MR) is 66.9 cm³/mol. The Hall–Kier alpha value is -1.43. The first kappa shape index (κ1) is 12.6. The number of benzene rings is 1. The SMILES string of the molecule is Cc1ccccc1CN1OC(CO)[C@H]2COC(=O)[C@H]21. The summed E-state index contributed by atoms with van der Waals surface area (Å²) in [4.78, 5) is 17.5. The fourth-order valence-corrected chi connectivity index (χ4v) is 2.75. The van der Waals surface area contributed by atoms with E-state index in [9.17, 15) is 9.90 Å². The molecular weight excluding hydrogens is 246 g/mol. The molecule has 0 amide bonds. The molecule has 1 N–H and O–H groups in total. The number of esters is 1. The number of aliphatic hydroxyl groups is 1. The number of fused-ring (bicyclic) bond motifs is 1. The second-order valence-electron chi connectivity index (χ2n) is 5.07. The zero-order valence-corrected chi connectivity index (χ0v) is 10.8. The number of ether oxygens (including phenoxy) is 1. The summed E-state index contributed by atoms with van der Waals surface area (Å²) in [7, 11) is 0. The Kier molecular flexibility index (Phi) is 3.26. The van der Waals surface area contributed by atoms with E-state index < -0.39 is 6.04 Å². The maximum Gasteiger partial charge on any atom is 0.326 e. The van der Waals surface area contributed by atoms with E-state index in [2.05, 4.69) is 0 Å². The lowest BCUT2D eigenvalue weighted by Crippen LogP contribution is -2.35. The molecule has 19 heavy (non-hydrogen) atoms. The minimum absolute atomic E-state index is 0.0680.